The molecule has 0 fully saturated rings. The SMILES string of the molecule is CC(=O)Nc1cc(NC(=O)CCOc2ccc3ccccc3c2)c(F)cc1F. The van der Waals surface area contributed by atoms with Crippen molar-refractivity contribution in [1.82, 2.24) is 0 Å². The van der Waals surface area contributed by atoms with Crippen molar-refractivity contribution in [2.75, 3.05) is 17.2 Å². The molecule has 3 rings (SSSR count). The molecule has 144 valence electrons. The lowest BCUT2D eigenvalue weighted by atomic mass is 10.1. The Bertz CT molecular complexity index is 1040. The summed E-state index contributed by atoms with van der Waals surface area (Å²) in [6.07, 6.45) is -0.0287. The molecule has 5 nitrogen and oxygen atoms in total. The van der Waals surface area contributed by atoms with E-state index in [-0.39, 0.29) is 24.4 Å². The molecule has 0 spiro atoms. The van der Waals surface area contributed by atoms with Gasteiger partial charge in [-0.3, -0.25) is 9.59 Å². The summed E-state index contributed by atoms with van der Waals surface area (Å²) in [5.74, 6) is -2.25. The number of amides is 2. The van der Waals surface area contributed by atoms with E-state index in [1.807, 2.05) is 36.4 Å². The molecule has 0 aromatic heterocycles. The van der Waals surface area contributed by atoms with Gasteiger partial charge in [0.25, 0.3) is 0 Å². The van der Waals surface area contributed by atoms with Gasteiger partial charge in [0, 0.05) is 13.0 Å². The first kappa shape index (κ1) is 19.3. The molecule has 3 aromatic carbocycles. The topological polar surface area (TPSA) is 67.4 Å². The summed E-state index contributed by atoms with van der Waals surface area (Å²) < 4.78 is 33.1. The molecule has 28 heavy (non-hydrogen) atoms. The predicted molar refractivity (Wildman–Crippen MR) is 103 cm³/mol. The van der Waals surface area contributed by atoms with E-state index in [9.17, 15) is 18.4 Å². The van der Waals surface area contributed by atoms with Gasteiger partial charge in [-0.15, -0.1) is 0 Å². The second-order valence-electron chi connectivity index (χ2n) is 6.15. The van der Waals surface area contributed by atoms with Crippen molar-refractivity contribution in [3.8, 4) is 5.75 Å². The summed E-state index contributed by atoms with van der Waals surface area (Å²) in [5, 5.41) is 6.69. The van der Waals surface area contributed by atoms with E-state index in [1.165, 1.54) is 6.92 Å². The van der Waals surface area contributed by atoms with Crippen LogP contribution in [0.3, 0.4) is 0 Å². The maximum atomic E-state index is 13.9. The molecular formula is C21H18F2N2O3. The molecule has 0 aliphatic rings. The van der Waals surface area contributed by atoms with Gasteiger partial charge >= 0.3 is 0 Å². The van der Waals surface area contributed by atoms with Gasteiger partial charge in [-0.1, -0.05) is 30.3 Å². The number of ether oxygens (including phenoxy) is 1. The van der Waals surface area contributed by atoms with Gasteiger partial charge in [0.1, 0.15) is 17.4 Å². The Morgan fingerprint density at radius 1 is 0.893 bits per heavy atom. The number of nitrogens with one attached hydrogen (secondary N) is 2. The molecule has 0 heterocycles. The highest BCUT2D eigenvalue weighted by atomic mass is 19.1. The summed E-state index contributed by atoms with van der Waals surface area (Å²) in [5.41, 5.74) is -0.433. The van der Waals surface area contributed by atoms with Crippen molar-refractivity contribution >= 4 is 34.0 Å². The monoisotopic (exact) mass is 384 g/mol. The zero-order valence-corrected chi connectivity index (χ0v) is 15.1. The van der Waals surface area contributed by atoms with E-state index in [0.717, 1.165) is 16.8 Å². The molecule has 0 aliphatic carbocycles. The number of benzene rings is 3. The van der Waals surface area contributed by atoms with Crippen LogP contribution in [0.1, 0.15) is 13.3 Å². The molecule has 0 unspecified atom stereocenters. The van der Waals surface area contributed by atoms with Crippen LogP contribution in [-0.4, -0.2) is 18.4 Å². The van der Waals surface area contributed by atoms with E-state index in [2.05, 4.69) is 10.6 Å². The first-order valence-electron chi connectivity index (χ1n) is 8.60. The van der Waals surface area contributed by atoms with Gasteiger partial charge in [0.15, 0.2) is 0 Å². The molecule has 0 atom stereocenters. The van der Waals surface area contributed by atoms with E-state index in [4.69, 9.17) is 4.74 Å². The van der Waals surface area contributed by atoms with E-state index in [0.29, 0.717) is 11.8 Å². The largest absolute Gasteiger partial charge is 0.493 e. The lowest BCUT2D eigenvalue weighted by Gasteiger charge is -2.11. The Morgan fingerprint density at radius 2 is 1.57 bits per heavy atom. The first-order valence-corrected chi connectivity index (χ1v) is 8.60. The zero-order chi connectivity index (χ0) is 20.1. The number of hydrogen-bond donors (Lipinski definition) is 2. The minimum atomic E-state index is -0.935. The standard InChI is InChI=1S/C21H18F2N2O3/c1-13(26)24-19-12-20(18(23)11-17(19)22)25-21(27)8-9-28-16-7-6-14-4-2-3-5-15(14)10-16/h2-7,10-12H,8-9H2,1H3,(H,24,26)(H,25,27). The van der Waals surface area contributed by atoms with E-state index >= 15 is 0 Å². The number of hydrogen-bond acceptors (Lipinski definition) is 3. The van der Waals surface area contributed by atoms with Gasteiger partial charge in [0.2, 0.25) is 11.8 Å². The Balaban J connectivity index is 1.58. The Hall–Kier alpha value is -3.48. The maximum Gasteiger partial charge on any atom is 0.227 e. The van der Waals surface area contributed by atoms with Gasteiger partial charge in [-0.25, -0.2) is 8.78 Å². The molecule has 2 amide bonds. The van der Waals surface area contributed by atoms with Crippen LogP contribution in [0.15, 0.2) is 54.6 Å². The third-order valence-electron chi connectivity index (χ3n) is 3.96. The normalized spacial score (nSPS) is 10.5. The highest BCUT2D eigenvalue weighted by molar-refractivity contribution is 5.93. The number of rotatable bonds is 6. The van der Waals surface area contributed by atoms with Gasteiger partial charge in [-0.05, 0) is 29.0 Å². The van der Waals surface area contributed by atoms with Crippen molar-refractivity contribution in [3.05, 3.63) is 66.2 Å². The van der Waals surface area contributed by atoms with Crippen LogP contribution >= 0.6 is 0 Å². The van der Waals surface area contributed by atoms with Gasteiger partial charge < -0.3 is 15.4 Å². The number of anilines is 2. The fraction of sp³-hybridized carbons (Fsp3) is 0.143. The number of halogens is 2. The minimum absolute atomic E-state index is 0.0287. The quantitative estimate of drug-likeness (QED) is 0.658. The number of carbonyl (C=O) groups is 2. The molecule has 0 radical (unpaired) electrons. The van der Waals surface area contributed by atoms with Crippen LogP contribution in [0.25, 0.3) is 10.8 Å². The van der Waals surface area contributed by atoms with Crippen molar-refractivity contribution in [2.45, 2.75) is 13.3 Å². The first-order chi connectivity index (χ1) is 13.4. The highest BCUT2D eigenvalue weighted by Gasteiger charge is 2.13. The molecular weight excluding hydrogens is 366 g/mol. The summed E-state index contributed by atoms with van der Waals surface area (Å²) in [4.78, 5) is 23.1. The van der Waals surface area contributed by atoms with Crippen molar-refractivity contribution < 1.29 is 23.1 Å². The molecule has 3 aromatic rings. The van der Waals surface area contributed by atoms with Crippen LogP contribution < -0.4 is 15.4 Å². The van der Waals surface area contributed by atoms with Crippen LogP contribution in [0.5, 0.6) is 5.75 Å². The van der Waals surface area contributed by atoms with Crippen molar-refractivity contribution in [3.63, 3.8) is 0 Å². The second-order valence-corrected chi connectivity index (χ2v) is 6.15. The maximum absolute atomic E-state index is 13.9. The molecule has 0 saturated carbocycles. The minimum Gasteiger partial charge on any atom is -0.493 e. The summed E-state index contributed by atoms with van der Waals surface area (Å²) in [7, 11) is 0. The fourth-order valence-electron chi connectivity index (χ4n) is 2.66. The summed E-state index contributed by atoms with van der Waals surface area (Å²) in [6.45, 7) is 1.29. The number of carbonyl (C=O) groups excluding carboxylic acids is 2. The van der Waals surface area contributed by atoms with E-state index in [1.54, 1.807) is 6.07 Å². The van der Waals surface area contributed by atoms with Crippen LogP contribution in [0.2, 0.25) is 0 Å². The third-order valence-corrected chi connectivity index (χ3v) is 3.96. The van der Waals surface area contributed by atoms with Crippen LogP contribution in [0, 0.1) is 11.6 Å². The molecule has 0 aliphatic heterocycles. The second kappa shape index (κ2) is 8.47. The Kier molecular flexibility index (Phi) is 5.84. The predicted octanol–water partition coefficient (Wildman–Crippen LogP) is 4.48. The molecule has 0 saturated heterocycles. The van der Waals surface area contributed by atoms with Crippen molar-refractivity contribution in [1.29, 1.82) is 0 Å². The van der Waals surface area contributed by atoms with Crippen molar-refractivity contribution in [2.24, 2.45) is 0 Å². The Labute approximate surface area is 160 Å². The van der Waals surface area contributed by atoms with E-state index < -0.39 is 23.4 Å². The third kappa shape index (κ3) is 4.82. The Morgan fingerprint density at radius 3 is 2.29 bits per heavy atom. The smallest absolute Gasteiger partial charge is 0.227 e. The fourth-order valence-corrected chi connectivity index (χ4v) is 2.66. The van der Waals surface area contributed by atoms with Crippen LogP contribution in [-0.2, 0) is 9.59 Å². The molecule has 0 bridgehead atoms. The lowest BCUT2D eigenvalue weighted by Crippen LogP contribution is -2.17. The lowest BCUT2D eigenvalue weighted by molar-refractivity contribution is -0.116. The molecule has 2 N–H and O–H groups in total. The molecule has 7 heteroatoms. The zero-order valence-electron chi connectivity index (χ0n) is 15.1. The van der Waals surface area contributed by atoms with Gasteiger partial charge in [0.05, 0.1) is 24.4 Å². The summed E-state index contributed by atoms with van der Waals surface area (Å²) in [6, 6.07) is 15.0. The van der Waals surface area contributed by atoms with Gasteiger partial charge in [-0.2, -0.15) is 0 Å². The highest BCUT2D eigenvalue weighted by Crippen LogP contribution is 2.24. The van der Waals surface area contributed by atoms with Crippen LogP contribution in [0.4, 0.5) is 20.2 Å². The average Bonchev–Trinajstić information content (AvgIpc) is 2.65. The average molecular weight is 384 g/mol. The number of fused-ring (bicyclic) bond motifs is 1. The summed E-state index contributed by atoms with van der Waals surface area (Å²) >= 11 is 0.